The second-order valence-electron chi connectivity index (χ2n) is 4.24. The Morgan fingerprint density at radius 1 is 1.41 bits per heavy atom. The van der Waals surface area contributed by atoms with Crippen molar-refractivity contribution >= 4 is 11.8 Å². The van der Waals surface area contributed by atoms with Crippen molar-refractivity contribution in [2.24, 2.45) is 0 Å². The largest absolute Gasteiger partial charge is 0.310 e. The third-order valence-electron chi connectivity index (χ3n) is 2.81. The van der Waals surface area contributed by atoms with Gasteiger partial charge in [-0.15, -0.1) is 11.8 Å². The van der Waals surface area contributed by atoms with Crippen molar-refractivity contribution < 1.29 is 0 Å². The molecule has 94 valence electrons. The van der Waals surface area contributed by atoms with Crippen molar-refractivity contribution in [2.75, 3.05) is 12.3 Å². The van der Waals surface area contributed by atoms with E-state index < -0.39 is 0 Å². The van der Waals surface area contributed by atoms with E-state index in [0.29, 0.717) is 6.04 Å². The lowest BCUT2D eigenvalue weighted by atomic mass is 10.1. The molecule has 0 radical (unpaired) electrons. The highest BCUT2D eigenvalue weighted by Gasteiger charge is 2.04. The average Bonchev–Trinajstić information content (AvgIpc) is 2.36. The summed E-state index contributed by atoms with van der Waals surface area (Å²) in [6.07, 6.45) is 1.07. The smallest absolute Gasteiger partial charge is 0.0292 e. The summed E-state index contributed by atoms with van der Waals surface area (Å²) >= 11 is 1.88. The molecular weight excluding hydrogens is 226 g/mol. The molecule has 0 amide bonds. The fourth-order valence-electron chi connectivity index (χ4n) is 1.59. The number of hydrogen-bond donors (Lipinski definition) is 1. The summed E-state index contributed by atoms with van der Waals surface area (Å²) in [5, 5.41) is 3.44. The van der Waals surface area contributed by atoms with Crippen LogP contribution in [-0.4, -0.2) is 12.3 Å². The molecule has 0 fully saturated rings. The van der Waals surface area contributed by atoms with E-state index in [1.165, 1.54) is 16.0 Å². The van der Waals surface area contributed by atoms with Crippen molar-refractivity contribution in [3.63, 3.8) is 0 Å². The van der Waals surface area contributed by atoms with Crippen LogP contribution in [0, 0.1) is 0 Å². The van der Waals surface area contributed by atoms with Crippen molar-refractivity contribution in [3.8, 4) is 0 Å². The predicted octanol–water partition coefficient (Wildman–Crippen LogP) is 4.42. The van der Waals surface area contributed by atoms with Gasteiger partial charge in [-0.1, -0.05) is 38.1 Å². The van der Waals surface area contributed by atoms with E-state index >= 15 is 0 Å². The molecule has 1 unspecified atom stereocenters. The Hall–Kier alpha value is -0.730. The van der Waals surface area contributed by atoms with Gasteiger partial charge in [-0.05, 0) is 37.6 Å². The zero-order valence-electron chi connectivity index (χ0n) is 11.1. The predicted molar refractivity (Wildman–Crippen MR) is 78.7 cm³/mol. The lowest BCUT2D eigenvalue weighted by Gasteiger charge is -2.13. The van der Waals surface area contributed by atoms with Crippen LogP contribution in [0.2, 0.25) is 0 Å². The Morgan fingerprint density at radius 2 is 2.18 bits per heavy atom. The van der Waals surface area contributed by atoms with Crippen LogP contribution < -0.4 is 5.32 Å². The van der Waals surface area contributed by atoms with Gasteiger partial charge in [0.15, 0.2) is 0 Å². The lowest BCUT2D eigenvalue weighted by Crippen LogP contribution is -2.17. The summed E-state index contributed by atoms with van der Waals surface area (Å²) in [4.78, 5) is 1.34. The number of hydrogen-bond acceptors (Lipinski definition) is 2. The molecule has 1 atom stereocenters. The zero-order chi connectivity index (χ0) is 12.7. The van der Waals surface area contributed by atoms with Gasteiger partial charge in [-0.25, -0.2) is 0 Å². The summed E-state index contributed by atoms with van der Waals surface area (Å²) in [6.45, 7) is 11.6. The Morgan fingerprint density at radius 3 is 2.82 bits per heavy atom. The fourth-order valence-corrected chi connectivity index (χ4v) is 2.55. The van der Waals surface area contributed by atoms with Crippen LogP contribution in [0.25, 0.3) is 0 Å². The molecule has 17 heavy (non-hydrogen) atoms. The summed E-state index contributed by atoms with van der Waals surface area (Å²) in [5.41, 5.74) is 2.67. The molecule has 0 saturated carbocycles. The molecule has 1 aromatic rings. The molecule has 0 heterocycles. The molecule has 1 nitrogen and oxygen atoms in total. The first kappa shape index (κ1) is 14.3. The van der Waals surface area contributed by atoms with E-state index in [1.54, 1.807) is 0 Å². The summed E-state index contributed by atoms with van der Waals surface area (Å²) in [5.74, 6) is 1.02. The number of thioether (sulfide) groups is 1. The van der Waals surface area contributed by atoms with E-state index in [4.69, 9.17) is 0 Å². The highest BCUT2D eigenvalue weighted by molar-refractivity contribution is 7.99. The van der Waals surface area contributed by atoms with Crippen molar-refractivity contribution in [2.45, 2.75) is 38.1 Å². The van der Waals surface area contributed by atoms with Gasteiger partial charge in [0, 0.05) is 16.7 Å². The van der Waals surface area contributed by atoms with E-state index in [1.807, 2.05) is 11.8 Å². The molecule has 0 aliphatic carbocycles. The summed E-state index contributed by atoms with van der Waals surface area (Å²) in [6, 6.07) is 9.21. The minimum Gasteiger partial charge on any atom is -0.310 e. The Kier molecular flexibility index (Phi) is 6.38. The summed E-state index contributed by atoms with van der Waals surface area (Å²) < 4.78 is 0. The molecule has 0 bridgehead atoms. The van der Waals surface area contributed by atoms with Gasteiger partial charge in [0.1, 0.15) is 0 Å². The SMILES string of the molecule is C=C(CC)CSc1cccc(C(C)NCC)c1. The second-order valence-corrected chi connectivity index (χ2v) is 5.29. The molecule has 0 aliphatic heterocycles. The van der Waals surface area contributed by atoms with Crippen LogP contribution in [0.3, 0.4) is 0 Å². The van der Waals surface area contributed by atoms with Crippen LogP contribution in [0.5, 0.6) is 0 Å². The average molecular weight is 249 g/mol. The first-order valence-corrected chi connectivity index (χ1v) is 7.28. The monoisotopic (exact) mass is 249 g/mol. The van der Waals surface area contributed by atoms with Gasteiger partial charge in [0.2, 0.25) is 0 Å². The maximum Gasteiger partial charge on any atom is 0.0292 e. The van der Waals surface area contributed by atoms with Crippen LogP contribution in [-0.2, 0) is 0 Å². The number of rotatable bonds is 7. The van der Waals surface area contributed by atoms with Gasteiger partial charge in [0.05, 0.1) is 0 Å². The van der Waals surface area contributed by atoms with E-state index in [9.17, 15) is 0 Å². The lowest BCUT2D eigenvalue weighted by molar-refractivity contribution is 0.597. The quantitative estimate of drug-likeness (QED) is 0.567. The number of benzene rings is 1. The molecule has 1 aromatic carbocycles. The Labute approximate surface area is 110 Å². The van der Waals surface area contributed by atoms with Crippen LogP contribution in [0.4, 0.5) is 0 Å². The fraction of sp³-hybridized carbons (Fsp3) is 0.467. The van der Waals surface area contributed by atoms with Gasteiger partial charge < -0.3 is 5.32 Å². The molecule has 1 N–H and O–H groups in total. The van der Waals surface area contributed by atoms with Gasteiger partial charge in [-0.3, -0.25) is 0 Å². The van der Waals surface area contributed by atoms with E-state index in [0.717, 1.165) is 18.7 Å². The van der Waals surface area contributed by atoms with Gasteiger partial charge in [-0.2, -0.15) is 0 Å². The molecule has 0 aromatic heterocycles. The topological polar surface area (TPSA) is 12.0 Å². The molecule has 0 aliphatic rings. The first-order chi connectivity index (χ1) is 8.17. The highest BCUT2D eigenvalue weighted by Crippen LogP contribution is 2.24. The van der Waals surface area contributed by atoms with Crippen molar-refractivity contribution in [1.29, 1.82) is 0 Å². The van der Waals surface area contributed by atoms with Crippen LogP contribution >= 0.6 is 11.8 Å². The molecule has 1 rings (SSSR count). The third-order valence-corrected chi connectivity index (χ3v) is 3.95. The Balaban J connectivity index is 2.62. The van der Waals surface area contributed by atoms with Crippen molar-refractivity contribution in [1.82, 2.24) is 5.32 Å². The first-order valence-electron chi connectivity index (χ1n) is 6.30. The molecule has 2 heteroatoms. The highest BCUT2D eigenvalue weighted by atomic mass is 32.2. The van der Waals surface area contributed by atoms with E-state index in [-0.39, 0.29) is 0 Å². The molecule has 0 saturated heterocycles. The van der Waals surface area contributed by atoms with Gasteiger partial charge in [0.25, 0.3) is 0 Å². The van der Waals surface area contributed by atoms with Crippen molar-refractivity contribution in [3.05, 3.63) is 42.0 Å². The van der Waals surface area contributed by atoms with Crippen LogP contribution in [0.1, 0.15) is 38.8 Å². The summed E-state index contributed by atoms with van der Waals surface area (Å²) in [7, 11) is 0. The second kappa shape index (κ2) is 7.57. The normalized spacial score (nSPS) is 12.4. The zero-order valence-corrected chi connectivity index (χ0v) is 11.9. The minimum atomic E-state index is 0.426. The maximum atomic E-state index is 4.04. The Bertz CT molecular complexity index is 360. The standard InChI is InChI=1S/C15H23NS/c1-5-12(3)11-17-15-9-7-8-14(10-15)13(4)16-6-2/h7-10,13,16H,3,5-6,11H2,1-2,4H3. The third kappa shape index (κ3) is 4.97. The maximum absolute atomic E-state index is 4.04. The van der Waals surface area contributed by atoms with Gasteiger partial charge >= 0.3 is 0 Å². The van der Waals surface area contributed by atoms with Crippen LogP contribution in [0.15, 0.2) is 41.3 Å². The van der Waals surface area contributed by atoms with E-state index in [2.05, 4.69) is 56.9 Å². The number of nitrogens with one attached hydrogen (secondary N) is 1. The molecule has 0 spiro atoms. The molecular formula is C15H23NS. The minimum absolute atomic E-state index is 0.426.